The third-order valence-electron chi connectivity index (χ3n) is 4.35. The standard InChI is InChI=1S/C17H27NO/c1-4-7-13(19)12-18-16-10-11-17(2,3)15-9-6-5-8-14(15)16/h5-6,8-9,13,16,18-19H,4,7,10-12H2,1-3H3. The molecule has 1 aliphatic carbocycles. The van der Waals surface area contributed by atoms with Gasteiger partial charge in [0, 0.05) is 12.6 Å². The van der Waals surface area contributed by atoms with Gasteiger partial charge in [-0.1, -0.05) is 51.5 Å². The van der Waals surface area contributed by atoms with E-state index >= 15 is 0 Å². The van der Waals surface area contributed by atoms with Crippen molar-refractivity contribution in [2.45, 2.75) is 64.0 Å². The van der Waals surface area contributed by atoms with E-state index in [4.69, 9.17) is 0 Å². The molecule has 0 aliphatic heterocycles. The van der Waals surface area contributed by atoms with Crippen molar-refractivity contribution in [2.24, 2.45) is 0 Å². The lowest BCUT2D eigenvalue weighted by Gasteiger charge is -2.37. The molecule has 19 heavy (non-hydrogen) atoms. The molecule has 2 unspecified atom stereocenters. The van der Waals surface area contributed by atoms with Crippen molar-refractivity contribution in [1.29, 1.82) is 0 Å². The van der Waals surface area contributed by atoms with Gasteiger partial charge >= 0.3 is 0 Å². The Kier molecular flexibility index (Phi) is 4.64. The van der Waals surface area contributed by atoms with Crippen LogP contribution in [0.3, 0.4) is 0 Å². The van der Waals surface area contributed by atoms with E-state index in [0.29, 0.717) is 12.6 Å². The smallest absolute Gasteiger partial charge is 0.0664 e. The topological polar surface area (TPSA) is 32.3 Å². The minimum atomic E-state index is -0.216. The molecule has 1 aromatic rings. The van der Waals surface area contributed by atoms with E-state index in [1.165, 1.54) is 17.5 Å². The second-order valence-corrected chi connectivity index (χ2v) is 6.41. The van der Waals surface area contributed by atoms with Crippen LogP contribution in [0.2, 0.25) is 0 Å². The maximum atomic E-state index is 9.87. The van der Waals surface area contributed by atoms with E-state index in [0.717, 1.165) is 19.3 Å². The summed E-state index contributed by atoms with van der Waals surface area (Å²) in [5.74, 6) is 0. The molecule has 1 aromatic carbocycles. The van der Waals surface area contributed by atoms with Crippen LogP contribution in [0.15, 0.2) is 24.3 Å². The predicted molar refractivity (Wildman–Crippen MR) is 80.4 cm³/mol. The fourth-order valence-electron chi connectivity index (χ4n) is 3.14. The van der Waals surface area contributed by atoms with Gasteiger partial charge in [0.1, 0.15) is 0 Å². The highest BCUT2D eigenvalue weighted by atomic mass is 16.3. The van der Waals surface area contributed by atoms with Crippen molar-refractivity contribution in [3.63, 3.8) is 0 Å². The van der Waals surface area contributed by atoms with Crippen molar-refractivity contribution in [1.82, 2.24) is 5.32 Å². The van der Waals surface area contributed by atoms with Crippen molar-refractivity contribution in [2.75, 3.05) is 6.54 Å². The summed E-state index contributed by atoms with van der Waals surface area (Å²) >= 11 is 0. The van der Waals surface area contributed by atoms with Crippen LogP contribution in [0, 0.1) is 0 Å². The van der Waals surface area contributed by atoms with Crippen molar-refractivity contribution in [3.05, 3.63) is 35.4 Å². The number of nitrogens with one attached hydrogen (secondary N) is 1. The fraction of sp³-hybridized carbons (Fsp3) is 0.647. The van der Waals surface area contributed by atoms with E-state index in [1.807, 2.05) is 0 Å². The van der Waals surface area contributed by atoms with Crippen LogP contribution >= 0.6 is 0 Å². The van der Waals surface area contributed by atoms with Gasteiger partial charge in [0.05, 0.1) is 6.10 Å². The average Bonchev–Trinajstić information content (AvgIpc) is 2.38. The van der Waals surface area contributed by atoms with Gasteiger partial charge in [-0.3, -0.25) is 0 Å². The maximum absolute atomic E-state index is 9.87. The summed E-state index contributed by atoms with van der Waals surface area (Å²) in [4.78, 5) is 0. The zero-order valence-corrected chi connectivity index (χ0v) is 12.4. The van der Waals surface area contributed by atoms with Gasteiger partial charge < -0.3 is 10.4 Å². The molecule has 0 fully saturated rings. The van der Waals surface area contributed by atoms with Gasteiger partial charge in [0.25, 0.3) is 0 Å². The van der Waals surface area contributed by atoms with Gasteiger partial charge in [-0.25, -0.2) is 0 Å². The second kappa shape index (κ2) is 6.06. The molecule has 2 nitrogen and oxygen atoms in total. The third kappa shape index (κ3) is 3.37. The predicted octanol–water partition coefficient (Wildman–Crippen LogP) is 3.55. The molecule has 2 rings (SSSR count). The Bertz CT molecular complexity index is 413. The molecule has 0 aromatic heterocycles. The Balaban J connectivity index is 2.08. The van der Waals surface area contributed by atoms with Crippen LogP contribution in [-0.4, -0.2) is 17.8 Å². The molecule has 2 atom stereocenters. The number of aliphatic hydroxyl groups is 1. The molecule has 0 spiro atoms. The molecule has 0 bridgehead atoms. The van der Waals surface area contributed by atoms with Crippen molar-refractivity contribution >= 4 is 0 Å². The number of rotatable bonds is 5. The van der Waals surface area contributed by atoms with Gasteiger partial charge in [0.2, 0.25) is 0 Å². The molecule has 2 heteroatoms. The first-order valence-electron chi connectivity index (χ1n) is 7.55. The summed E-state index contributed by atoms with van der Waals surface area (Å²) in [6.45, 7) is 7.47. The lowest BCUT2D eigenvalue weighted by atomic mass is 9.71. The van der Waals surface area contributed by atoms with Gasteiger partial charge in [-0.2, -0.15) is 0 Å². The number of hydrogen-bond donors (Lipinski definition) is 2. The quantitative estimate of drug-likeness (QED) is 0.849. The number of fused-ring (bicyclic) bond motifs is 1. The number of benzene rings is 1. The Morgan fingerprint density at radius 2 is 2.11 bits per heavy atom. The lowest BCUT2D eigenvalue weighted by Crippen LogP contribution is -2.36. The highest BCUT2D eigenvalue weighted by molar-refractivity contribution is 5.38. The number of aliphatic hydroxyl groups excluding tert-OH is 1. The highest BCUT2D eigenvalue weighted by Gasteiger charge is 2.31. The maximum Gasteiger partial charge on any atom is 0.0664 e. The zero-order chi connectivity index (χ0) is 13.9. The summed E-state index contributed by atoms with van der Waals surface area (Å²) in [6, 6.07) is 9.15. The minimum Gasteiger partial charge on any atom is -0.392 e. The third-order valence-corrected chi connectivity index (χ3v) is 4.35. The monoisotopic (exact) mass is 261 g/mol. The van der Waals surface area contributed by atoms with Crippen LogP contribution in [0.1, 0.15) is 63.6 Å². The molecule has 0 saturated heterocycles. The Hall–Kier alpha value is -0.860. The Labute approximate surface area is 117 Å². The van der Waals surface area contributed by atoms with Crippen LogP contribution < -0.4 is 5.32 Å². The van der Waals surface area contributed by atoms with Crippen LogP contribution in [0.4, 0.5) is 0 Å². The van der Waals surface area contributed by atoms with Crippen LogP contribution in [-0.2, 0) is 5.41 Å². The fourth-order valence-corrected chi connectivity index (χ4v) is 3.14. The molecule has 0 heterocycles. The van der Waals surface area contributed by atoms with Gasteiger partial charge in [0.15, 0.2) is 0 Å². The first-order valence-corrected chi connectivity index (χ1v) is 7.55. The highest BCUT2D eigenvalue weighted by Crippen LogP contribution is 2.41. The largest absolute Gasteiger partial charge is 0.392 e. The molecule has 2 N–H and O–H groups in total. The summed E-state index contributed by atoms with van der Waals surface area (Å²) in [7, 11) is 0. The molecule has 0 saturated carbocycles. The summed E-state index contributed by atoms with van der Waals surface area (Å²) in [6.07, 6.45) is 4.06. The van der Waals surface area contributed by atoms with Gasteiger partial charge in [-0.15, -0.1) is 0 Å². The summed E-state index contributed by atoms with van der Waals surface area (Å²) < 4.78 is 0. The second-order valence-electron chi connectivity index (χ2n) is 6.41. The van der Waals surface area contributed by atoms with E-state index in [-0.39, 0.29) is 11.5 Å². The number of hydrogen-bond acceptors (Lipinski definition) is 2. The van der Waals surface area contributed by atoms with E-state index < -0.39 is 0 Å². The van der Waals surface area contributed by atoms with Crippen LogP contribution in [0.5, 0.6) is 0 Å². The normalized spacial score (nSPS) is 22.8. The van der Waals surface area contributed by atoms with Crippen molar-refractivity contribution < 1.29 is 5.11 Å². The van der Waals surface area contributed by atoms with E-state index in [1.54, 1.807) is 0 Å². The van der Waals surface area contributed by atoms with E-state index in [2.05, 4.69) is 50.4 Å². The molecule has 106 valence electrons. The molecule has 1 aliphatic rings. The van der Waals surface area contributed by atoms with E-state index in [9.17, 15) is 5.11 Å². The van der Waals surface area contributed by atoms with Crippen molar-refractivity contribution in [3.8, 4) is 0 Å². The lowest BCUT2D eigenvalue weighted by molar-refractivity contribution is 0.153. The molecule has 0 amide bonds. The molecular formula is C17H27NO. The zero-order valence-electron chi connectivity index (χ0n) is 12.4. The minimum absolute atomic E-state index is 0.216. The SMILES string of the molecule is CCCC(O)CNC1CCC(C)(C)c2ccccc21. The summed E-state index contributed by atoms with van der Waals surface area (Å²) in [5, 5.41) is 13.4. The average molecular weight is 261 g/mol. The summed E-state index contributed by atoms with van der Waals surface area (Å²) in [5.41, 5.74) is 3.16. The molecular weight excluding hydrogens is 234 g/mol. The Morgan fingerprint density at radius 1 is 1.37 bits per heavy atom. The van der Waals surface area contributed by atoms with Gasteiger partial charge in [-0.05, 0) is 35.8 Å². The Morgan fingerprint density at radius 3 is 2.84 bits per heavy atom. The first kappa shape index (κ1) is 14.5. The first-order chi connectivity index (χ1) is 9.04. The van der Waals surface area contributed by atoms with Crippen LogP contribution in [0.25, 0.3) is 0 Å². The molecule has 0 radical (unpaired) electrons.